The molecular weight excluding hydrogens is 601 g/mol. The van der Waals surface area contributed by atoms with Gasteiger partial charge in [0.15, 0.2) is 6.61 Å². The van der Waals surface area contributed by atoms with E-state index in [2.05, 4.69) is 18.6 Å². The summed E-state index contributed by atoms with van der Waals surface area (Å²) in [5.74, 6) is -27.8. The molecule has 0 fully saturated rings. The van der Waals surface area contributed by atoms with Crippen LogP contribution in [0.1, 0.15) is 43.5 Å². The summed E-state index contributed by atoms with van der Waals surface area (Å²) in [5, 5.41) is -0.537. The van der Waals surface area contributed by atoms with Crippen molar-refractivity contribution >= 4 is 16.9 Å². The maximum absolute atomic E-state index is 13.8. The molecule has 41 heavy (non-hydrogen) atoms. The van der Waals surface area contributed by atoms with Crippen molar-refractivity contribution in [1.29, 1.82) is 0 Å². The third-order valence-corrected chi connectivity index (χ3v) is 6.88. The van der Waals surface area contributed by atoms with Crippen molar-refractivity contribution < 1.29 is 62.6 Å². The quantitative estimate of drug-likeness (QED) is 0.119. The van der Waals surface area contributed by atoms with Crippen LogP contribution in [0.5, 0.6) is 11.5 Å². The zero-order chi connectivity index (χ0) is 31.3. The highest BCUT2D eigenvalue weighted by Crippen LogP contribution is 2.57. The van der Waals surface area contributed by atoms with Gasteiger partial charge in [0.25, 0.3) is 0 Å². The maximum atomic E-state index is 13.8. The van der Waals surface area contributed by atoms with E-state index >= 15 is 0 Å². The number of hydrogen-bond acceptors (Lipinski definition) is 4. The summed E-state index contributed by atoms with van der Waals surface area (Å²) in [6, 6.07) is 10.2. The molecule has 0 N–H and O–H groups in total. The summed E-state index contributed by atoms with van der Waals surface area (Å²) >= 11 is 0.774. The Bertz CT molecular complexity index is 1130. The van der Waals surface area contributed by atoms with Crippen LogP contribution in [0.3, 0.4) is 0 Å². The van der Waals surface area contributed by atoms with E-state index < -0.39 is 47.3 Å². The van der Waals surface area contributed by atoms with E-state index in [0.29, 0.717) is 23.2 Å². The Morgan fingerprint density at radius 1 is 0.756 bits per heavy atom. The summed E-state index contributed by atoms with van der Waals surface area (Å²) < 4.78 is 154. The molecule has 3 nitrogen and oxygen atoms in total. The summed E-state index contributed by atoms with van der Waals surface area (Å²) in [6.07, 6.45) is -4.26. The molecule has 0 aliphatic carbocycles. The van der Waals surface area contributed by atoms with Gasteiger partial charge in [-0.25, -0.2) is 0 Å². The van der Waals surface area contributed by atoms with Crippen molar-refractivity contribution in [3.8, 4) is 11.5 Å². The molecule has 0 aliphatic rings. The van der Waals surface area contributed by atoms with Gasteiger partial charge in [0, 0.05) is 10.5 Å². The normalized spacial score (nSPS) is 14.1. The predicted molar refractivity (Wildman–Crippen MR) is 129 cm³/mol. The van der Waals surface area contributed by atoms with E-state index in [4.69, 9.17) is 4.74 Å². The van der Waals surface area contributed by atoms with Gasteiger partial charge in [0.05, 0.1) is 6.61 Å². The second-order valence-corrected chi connectivity index (χ2v) is 10.1. The number of hydrogen-bond donors (Lipinski definition) is 0. The number of benzene rings is 2. The number of rotatable bonds is 14. The highest BCUT2D eigenvalue weighted by molar-refractivity contribution is 8.14. The Labute approximate surface area is 232 Å². The number of alkyl halides is 11. The fourth-order valence-corrected chi connectivity index (χ4v) is 3.89. The number of ether oxygens (including phenoxy) is 2. The van der Waals surface area contributed by atoms with Gasteiger partial charge in [-0.15, -0.1) is 0 Å². The van der Waals surface area contributed by atoms with Crippen LogP contribution in [0.2, 0.25) is 0 Å². The second kappa shape index (κ2) is 13.1. The maximum Gasteiger partial charge on any atom is 0.460 e. The first-order chi connectivity index (χ1) is 18.8. The van der Waals surface area contributed by atoms with Crippen LogP contribution in [0.25, 0.3) is 0 Å². The van der Waals surface area contributed by atoms with Gasteiger partial charge in [-0.05, 0) is 79.1 Å². The van der Waals surface area contributed by atoms with Crippen molar-refractivity contribution in [2.45, 2.75) is 67.9 Å². The summed E-state index contributed by atoms with van der Waals surface area (Å²) in [4.78, 5) is 13.0. The first kappa shape index (κ1) is 34.5. The van der Waals surface area contributed by atoms with Crippen molar-refractivity contribution in [2.75, 3.05) is 13.2 Å². The number of carbonyl (C=O) groups excluding carboxylic acids is 1. The Balaban J connectivity index is 1.97. The largest absolute Gasteiger partial charge is 0.494 e. The van der Waals surface area contributed by atoms with Crippen LogP contribution in [0, 0.1) is 5.92 Å². The molecule has 230 valence electrons. The third kappa shape index (κ3) is 7.98. The standard InChI is InChI=1S/C26H25F11O3S/c1-3-16(2)5-4-14-39-18-10-12-20(13-11-18)41-21(38)17-6-8-19(9-7-17)40-15-22(27,28)23(29,30)24(31,32)25(33,34)26(35,36)37/h6-13,16H,3-5,14-15H2,1-2H3/t16-/m0/s1. The molecule has 0 bridgehead atoms. The molecule has 0 radical (unpaired) electrons. The van der Waals surface area contributed by atoms with Crippen LogP contribution in [0.15, 0.2) is 53.4 Å². The minimum atomic E-state index is -7.50. The van der Waals surface area contributed by atoms with Gasteiger partial charge >= 0.3 is 29.9 Å². The number of halogens is 11. The second-order valence-electron chi connectivity index (χ2n) is 9.10. The van der Waals surface area contributed by atoms with Crippen molar-refractivity contribution in [3.63, 3.8) is 0 Å². The molecule has 0 amide bonds. The fourth-order valence-electron chi connectivity index (χ4n) is 3.15. The van der Waals surface area contributed by atoms with Gasteiger partial charge in [-0.1, -0.05) is 20.3 Å². The van der Waals surface area contributed by atoms with Crippen LogP contribution in [-0.2, 0) is 0 Å². The summed E-state index contributed by atoms with van der Waals surface area (Å²) in [7, 11) is 0. The SMILES string of the molecule is CC[C@H](C)CCCOc1ccc(SC(=O)c2ccc(OCC(F)(F)C(F)(F)C(F)(F)C(F)(F)C(F)(F)F)cc2)cc1. The Morgan fingerprint density at radius 2 is 1.27 bits per heavy atom. The first-order valence-corrected chi connectivity index (χ1v) is 12.8. The van der Waals surface area contributed by atoms with E-state index in [0.717, 1.165) is 55.3 Å². The van der Waals surface area contributed by atoms with E-state index in [1.54, 1.807) is 24.3 Å². The van der Waals surface area contributed by atoms with Gasteiger partial charge in [0.2, 0.25) is 5.12 Å². The molecule has 1 atom stereocenters. The van der Waals surface area contributed by atoms with E-state index in [9.17, 15) is 53.1 Å². The van der Waals surface area contributed by atoms with E-state index in [-0.39, 0.29) is 5.56 Å². The van der Waals surface area contributed by atoms with Crippen molar-refractivity contribution in [2.24, 2.45) is 5.92 Å². The van der Waals surface area contributed by atoms with Crippen molar-refractivity contribution in [1.82, 2.24) is 0 Å². The van der Waals surface area contributed by atoms with E-state index in [1.807, 2.05) is 0 Å². The Kier molecular flexibility index (Phi) is 11.0. The number of thioether (sulfide) groups is 1. The zero-order valence-electron chi connectivity index (χ0n) is 21.5. The lowest BCUT2D eigenvalue weighted by molar-refractivity contribution is -0.423. The van der Waals surface area contributed by atoms with Crippen LogP contribution in [-0.4, -0.2) is 48.2 Å². The lowest BCUT2D eigenvalue weighted by Gasteiger charge is -2.37. The average molecular weight is 627 g/mol. The van der Waals surface area contributed by atoms with Gasteiger partial charge in [-0.2, -0.15) is 48.3 Å². The molecule has 2 aromatic rings. The fraction of sp³-hybridized carbons (Fsp3) is 0.500. The molecule has 0 aromatic heterocycles. The minimum absolute atomic E-state index is 0.0128. The monoisotopic (exact) mass is 626 g/mol. The Hall–Kier alpha value is -2.71. The highest BCUT2D eigenvalue weighted by atomic mass is 32.2. The van der Waals surface area contributed by atoms with Crippen molar-refractivity contribution in [3.05, 3.63) is 54.1 Å². The molecule has 0 aliphatic heterocycles. The van der Waals surface area contributed by atoms with Crippen LogP contribution < -0.4 is 9.47 Å². The molecule has 0 unspecified atom stereocenters. The van der Waals surface area contributed by atoms with Gasteiger partial charge < -0.3 is 9.47 Å². The molecule has 0 spiro atoms. The van der Waals surface area contributed by atoms with Gasteiger partial charge in [-0.3, -0.25) is 4.79 Å². The highest BCUT2D eigenvalue weighted by Gasteiger charge is 2.87. The third-order valence-electron chi connectivity index (χ3n) is 5.96. The summed E-state index contributed by atoms with van der Waals surface area (Å²) in [6.45, 7) is 2.10. The Morgan fingerprint density at radius 3 is 1.78 bits per heavy atom. The van der Waals surface area contributed by atoms with Crippen LogP contribution >= 0.6 is 11.8 Å². The molecule has 0 saturated carbocycles. The minimum Gasteiger partial charge on any atom is -0.494 e. The summed E-state index contributed by atoms with van der Waals surface area (Å²) in [5.41, 5.74) is -0.0128. The lowest BCUT2D eigenvalue weighted by atomic mass is 9.98. The van der Waals surface area contributed by atoms with E-state index in [1.165, 1.54) is 0 Å². The molecule has 2 aromatic carbocycles. The molecule has 15 heteroatoms. The molecule has 0 heterocycles. The molecule has 0 saturated heterocycles. The lowest BCUT2D eigenvalue weighted by Crippen LogP contribution is -2.67. The first-order valence-electron chi connectivity index (χ1n) is 12.0. The number of carbonyl (C=O) groups is 1. The zero-order valence-corrected chi connectivity index (χ0v) is 22.3. The average Bonchev–Trinajstić information content (AvgIpc) is 2.90. The topological polar surface area (TPSA) is 35.5 Å². The molecular formula is C26H25F11O3S. The van der Waals surface area contributed by atoms with Gasteiger partial charge in [0.1, 0.15) is 11.5 Å². The molecule has 2 rings (SSSR count). The smallest absolute Gasteiger partial charge is 0.460 e. The van der Waals surface area contributed by atoms with Crippen LogP contribution in [0.4, 0.5) is 48.3 Å². The predicted octanol–water partition coefficient (Wildman–Crippen LogP) is 9.31.